The van der Waals surface area contributed by atoms with E-state index in [0.717, 1.165) is 28.2 Å². The van der Waals surface area contributed by atoms with E-state index in [-0.39, 0.29) is 0 Å². The third kappa shape index (κ3) is 2.44. The molecule has 0 fully saturated rings. The van der Waals surface area contributed by atoms with Crippen LogP contribution in [0.1, 0.15) is 11.5 Å². The quantitative estimate of drug-likeness (QED) is 0.777. The molecular weight excluding hydrogens is 240 g/mol. The van der Waals surface area contributed by atoms with Crippen molar-refractivity contribution in [1.82, 2.24) is 4.98 Å². The highest BCUT2D eigenvalue weighted by molar-refractivity contribution is 5.84. The average Bonchev–Trinajstić information content (AvgIpc) is 2.93. The van der Waals surface area contributed by atoms with Gasteiger partial charge in [-0.25, -0.2) is 0 Å². The minimum atomic E-state index is 0.371. The fraction of sp³-hybridized carbons (Fsp3) is 0.133. The van der Waals surface area contributed by atoms with E-state index in [2.05, 4.69) is 4.98 Å². The van der Waals surface area contributed by atoms with Crippen LogP contribution in [0.15, 0.2) is 53.1 Å². The molecule has 1 aromatic carbocycles. The van der Waals surface area contributed by atoms with E-state index in [1.165, 1.54) is 0 Å². The molecule has 0 aliphatic heterocycles. The molecular formula is C15H14N2O2. The maximum Gasteiger partial charge on any atom is 0.146 e. The summed E-state index contributed by atoms with van der Waals surface area (Å²) in [4.78, 5) is 4.34. The van der Waals surface area contributed by atoms with Gasteiger partial charge in [0.05, 0.1) is 6.54 Å². The Bertz CT molecular complexity index is 686. The minimum absolute atomic E-state index is 0.371. The first-order valence-corrected chi connectivity index (χ1v) is 6.11. The van der Waals surface area contributed by atoms with E-state index >= 15 is 0 Å². The van der Waals surface area contributed by atoms with Crippen molar-refractivity contribution in [2.75, 3.05) is 0 Å². The van der Waals surface area contributed by atoms with Crippen LogP contribution >= 0.6 is 0 Å². The van der Waals surface area contributed by atoms with Gasteiger partial charge in [0.2, 0.25) is 0 Å². The van der Waals surface area contributed by atoms with Crippen LogP contribution < -0.4 is 10.5 Å². The topological polar surface area (TPSA) is 61.3 Å². The lowest BCUT2D eigenvalue weighted by Gasteiger charge is -2.06. The maximum absolute atomic E-state index is 5.77. The van der Waals surface area contributed by atoms with Crippen LogP contribution in [-0.2, 0) is 13.2 Å². The van der Waals surface area contributed by atoms with Gasteiger partial charge in [0.1, 0.15) is 29.4 Å². The minimum Gasteiger partial charge on any atom is -0.483 e. The van der Waals surface area contributed by atoms with Gasteiger partial charge in [-0.2, -0.15) is 0 Å². The summed E-state index contributed by atoms with van der Waals surface area (Å²) in [6.07, 6.45) is 1.76. The Hall–Kier alpha value is -2.33. The molecule has 3 rings (SSSR count). The van der Waals surface area contributed by atoms with E-state index in [1.807, 2.05) is 42.5 Å². The summed E-state index contributed by atoms with van der Waals surface area (Å²) >= 11 is 0. The van der Waals surface area contributed by atoms with Crippen molar-refractivity contribution < 1.29 is 9.15 Å². The summed E-state index contributed by atoms with van der Waals surface area (Å²) in [5.74, 6) is 2.27. The smallest absolute Gasteiger partial charge is 0.146 e. The number of nitrogens with zero attached hydrogens (tertiary/aromatic N) is 1. The molecule has 2 aromatic heterocycles. The molecule has 0 saturated heterocycles. The molecule has 96 valence electrons. The molecule has 0 amide bonds. The number of rotatable bonds is 4. The lowest BCUT2D eigenvalue weighted by molar-refractivity contribution is 0.268. The Balaban J connectivity index is 1.81. The van der Waals surface area contributed by atoms with Crippen LogP contribution in [0.4, 0.5) is 0 Å². The van der Waals surface area contributed by atoms with Crippen LogP contribution in [0.25, 0.3) is 10.9 Å². The molecule has 0 bridgehead atoms. The lowest BCUT2D eigenvalue weighted by Crippen LogP contribution is -1.96. The van der Waals surface area contributed by atoms with Gasteiger partial charge in [0, 0.05) is 11.6 Å². The van der Waals surface area contributed by atoms with Crippen LogP contribution in [0.5, 0.6) is 5.75 Å². The molecule has 2 N–H and O–H groups in total. The summed E-state index contributed by atoms with van der Waals surface area (Å²) in [5, 5.41) is 1.06. The lowest BCUT2D eigenvalue weighted by atomic mass is 10.2. The maximum atomic E-state index is 5.77. The van der Waals surface area contributed by atoms with Crippen LogP contribution in [0.2, 0.25) is 0 Å². The fourth-order valence-corrected chi connectivity index (χ4v) is 1.95. The highest BCUT2D eigenvalue weighted by Crippen LogP contribution is 2.24. The normalized spacial score (nSPS) is 10.8. The van der Waals surface area contributed by atoms with Crippen LogP contribution in [-0.4, -0.2) is 4.98 Å². The average molecular weight is 254 g/mol. The van der Waals surface area contributed by atoms with Crippen molar-refractivity contribution in [1.29, 1.82) is 0 Å². The standard InChI is InChI=1S/C15H14N2O2/c16-9-12-6-7-13(19-12)10-18-14-5-1-3-11-4-2-8-17-15(11)14/h1-8H,9-10,16H2. The van der Waals surface area contributed by atoms with E-state index in [9.17, 15) is 0 Å². The van der Waals surface area contributed by atoms with E-state index in [4.69, 9.17) is 14.9 Å². The molecule has 0 aliphatic carbocycles. The highest BCUT2D eigenvalue weighted by Gasteiger charge is 2.05. The number of benzene rings is 1. The number of fused-ring (bicyclic) bond motifs is 1. The summed E-state index contributed by atoms with van der Waals surface area (Å²) < 4.78 is 11.3. The van der Waals surface area contributed by atoms with E-state index in [0.29, 0.717) is 13.2 Å². The van der Waals surface area contributed by atoms with Gasteiger partial charge in [-0.3, -0.25) is 4.98 Å². The molecule has 4 heteroatoms. The molecule has 0 atom stereocenters. The number of para-hydroxylation sites is 1. The summed E-state index contributed by atoms with van der Waals surface area (Å²) in [7, 11) is 0. The van der Waals surface area contributed by atoms with Crippen molar-refractivity contribution in [2.24, 2.45) is 5.73 Å². The summed E-state index contributed by atoms with van der Waals surface area (Å²) in [6, 6.07) is 13.5. The van der Waals surface area contributed by atoms with Crippen molar-refractivity contribution in [3.8, 4) is 5.75 Å². The molecule has 0 aliphatic rings. The molecule has 0 spiro atoms. The predicted octanol–water partition coefficient (Wildman–Crippen LogP) is 2.87. The van der Waals surface area contributed by atoms with Gasteiger partial charge >= 0.3 is 0 Å². The van der Waals surface area contributed by atoms with Crippen molar-refractivity contribution >= 4 is 10.9 Å². The van der Waals surface area contributed by atoms with Crippen LogP contribution in [0, 0.1) is 0 Å². The Labute approximate surface area is 110 Å². The number of aromatic nitrogens is 1. The second-order valence-electron chi connectivity index (χ2n) is 4.19. The summed E-state index contributed by atoms with van der Waals surface area (Å²) in [5.41, 5.74) is 6.36. The third-order valence-electron chi connectivity index (χ3n) is 2.88. The second kappa shape index (κ2) is 5.12. The molecule has 0 unspecified atom stereocenters. The highest BCUT2D eigenvalue weighted by atomic mass is 16.5. The zero-order valence-corrected chi connectivity index (χ0v) is 10.4. The second-order valence-corrected chi connectivity index (χ2v) is 4.19. The van der Waals surface area contributed by atoms with Crippen molar-refractivity contribution in [3.63, 3.8) is 0 Å². The molecule has 3 aromatic rings. The first-order chi connectivity index (χ1) is 9.36. The van der Waals surface area contributed by atoms with Gasteiger partial charge in [-0.1, -0.05) is 18.2 Å². The zero-order valence-electron chi connectivity index (χ0n) is 10.4. The predicted molar refractivity (Wildman–Crippen MR) is 72.7 cm³/mol. The number of hydrogen-bond donors (Lipinski definition) is 1. The van der Waals surface area contributed by atoms with Crippen molar-refractivity contribution in [3.05, 3.63) is 60.2 Å². The van der Waals surface area contributed by atoms with Gasteiger partial charge in [-0.15, -0.1) is 0 Å². The van der Waals surface area contributed by atoms with Gasteiger partial charge < -0.3 is 14.9 Å². The Morgan fingerprint density at radius 3 is 2.74 bits per heavy atom. The van der Waals surface area contributed by atoms with Gasteiger partial charge in [0.15, 0.2) is 0 Å². The number of hydrogen-bond acceptors (Lipinski definition) is 4. The Morgan fingerprint density at radius 1 is 1.05 bits per heavy atom. The zero-order chi connectivity index (χ0) is 13.1. The fourth-order valence-electron chi connectivity index (χ4n) is 1.95. The van der Waals surface area contributed by atoms with E-state index < -0.39 is 0 Å². The molecule has 2 heterocycles. The number of furan rings is 1. The van der Waals surface area contributed by atoms with Crippen LogP contribution in [0.3, 0.4) is 0 Å². The van der Waals surface area contributed by atoms with Gasteiger partial charge in [0.25, 0.3) is 0 Å². The number of ether oxygens (including phenoxy) is 1. The third-order valence-corrected chi connectivity index (χ3v) is 2.88. The van der Waals surface area contributed by atoms with Gasteiger partial charge in [-0.05, 0) is 24.3 Å². The number of pyridine rings is 1. The Morgan fingerprint density at radius 2 is 1.89 bits per heavy atom. The molecule has 0 radical (unpaired) electrons. The first-order valence-electron chi connectivity index (χ1n) is 6.11. The Kier molecular flexibility index (Phi) is 3.16. The van der Waals surface area contributed by atoms with E-state index in [1.54, 1.807) is 6.20 Å². The first kappa shape index (κ1) is 11.7. The van der Waals surface area contributed by atoms with Crippen molar-refractivity contribution in [2.45, 2.75) is 13.2 Å². The number of nitrogens with two attached hydrogens (primary N) is 1. The monoisotopic (exact) mass is 254 g/mol. The summed E-state index contributed by atoms with van der Waals surface area (Å²) in [6.45, 7) is 0.769. The largest absolute Gasteiger partial charge is 0.483 e. The molecule has 4 nitrogen and oxygen atoms in total. The molecule has 19 heavy (non-hydrogen) atoms. The SMILES string of the molecule is NCc1ccc(COc2cccc3cccnc23)o1. The molecule has 0 saturated carbocycles.